The number of likely N-dealkylation sites (N-methyl/N-ethyl adjacent to an activating group) is 1. The molecule has 0 saturated carbocycles. The maximum absolute atomic E-state index is 6.13. The summed E-state index contributed by atoms with van der Waals surface area (Å²) in [5.41, 5.74) is 7.81. The van der Waals surface area contributed by atoms with Gasteiger partial charge < -0.3 is 20.7 Å². The minimum atomic E-state index is 0.0622. The highest BCUT2D eigenvalue weighted by Crippen LogP contribution is 2.30. The summed E-state index contributed by atoms with van der Waals surface area (Å²) in [6, 6.07) is 5.86. The van der Waals surface area contributed by atoms with Crippen molar-refractivity contribution in [2.24, 2.45) is 0 Å². The van der Waals surface area contributed by atoms with Gasteiger partial charge in [-0.1, -0.05) is 13.0 Å². The van der Waals surface area contributed by atoms with Crippen LogP contribution in [0.3, 0.4) is 0 Å². The van der Waals surface area contributed by atoms with Crippen LogP contribution in [0, 0.1) is 0 Å². The van der Waals surface area contributed by atoms with Crippen molar-refractivity contribution < 1.29 is 4.74 Å². The molecule has 0 atom stereocenters. The Morgan fingerprint density at radius 3 is 2.58 bits per heavy atom. The number of hydrogen-bond acceptors (Lipinski definition) is 4. The molecule has 4 nitrogen and oxygen atoms in total. The van der Waals surface area contributed by atoms with E-state index in [1.807, 2.05) is 18.2 Å². The first-order chi connectivity index (χ1) is 8.88. The van der Waals surface area contributed by atoms with Gasteiger partial charge in [-0.3, -0.25) is 0 Å². The van der Waals surface area contributed by atoms with E-state index in [4.69, 9.17) is 10.5 Å². The van der Waals surface area contributed by atoms with E-state index >= 15 is 0 Å². The Kier molecular flexibility index (Phi) is 5.48. The van der Waals surface area contributed by atoms with Gasteiger partial charge in [-0.2, -0.15) is 0 Å². The highest BCUT2D eigenvalue weighted by molar-refractivity contribution is 5.73. The molecular formula is C15H27N3O. The lowest BCUT2D eigenvalue weighted by Crippen LogP contribution is -2.44. The summed E-state index contributed by atoms with van der Waals surface area (Å²) in [7, 11) is 4.15. The van der Waals surface area contributed by atoms with Crippen LogP contribution in [0.15, 0.2) is 18.2 Å². The van der Waals surface area contributed by atoms with Crippen molar-refractivity contribution >= 4 is 11.4 Å². The molecule has 108 valence electrons. The molecule has 0 amide bonds. The van der Waals surface area contributed by atoms with Crippen molar-refractivity contribution in [2.75, 3.05) is 38.3 Å². The summed E-state index contributed by atoms with van der Waals surface area (Å²) in [6.45, 7) is 7.97. The average molecular weight is 265 g/mol. The van der Waals surface area contributed by atoms with Crippen LogP contribution in [0.4, 0.5) is 11.4 Å². The van der Waals surface area contributed by atoms with Crippen molar-refractivity contribution in [3.8, 4) is 5.75 Å². The Hall–Kier alpha value is -1.42. The number of nitrogens with one attached hydrogen (secondary N) is 1. The molecule has 0 saturated heterocycles. The van der Waals surface area contributed by atoms with Gasteiger partial charge >= 0.3 is 0 Å². The molecule has 0 bridgehead atoms. The molecule has 0 aliphatic carbocycles. The monoisotopic (exact) mass is 265 g/mol. The second kappa shape index (κ2) is 6.66. The highest BCUT2D eigenvalue weighted by Gasteiger charge is 2.20. The van der Waals surface area contributed by atoms with Crippen LogP contribution in [-0.4, -0.2) is 37.7 Å². The van der Waals surface area contributed by atoms with Crippen molar-refractivity contribution in [1.82, 2.24) is 4.90 Å². The molecular weight excluding hydrogens is 238 g/mol. The largest absolute Gasteiger partial charge is 0.491 e. The zero-order chi connectivity index (χ0) is 14.5. The van der Waals surface area contributed by atoms with Gasteiger partial charge in [-0.15, -0.1) is 0 Å². The molecule has 0 fully saturated rings. The predicted molar refractivity (Wildman–Crippen MR) is 82.9 cm³/mol. The minimum absolute atomic E-state index is 0.0622. The van der Waals surface area contributed by atoms with E-state index in [0.717, 1.165) is 24.4 Å². The van der Waals surface area contributed by atoms with Crippen LogP contribution >= 0.6 is 0 Å². The number of nitrogens with zero attached hydrogens (tertiary/aromatic N) is 1. The van der Waals surface area contributed by atoms with E-state index in [2.05, 4.69) is 45.1 Å². The van der Waals surface area contributed by atoms with Crippen LogP contribution in [0.1, 0.15) is 27.2 Å². The number of ether oxygens (including phenoxy) is 1. The van der Waals surface area contributed by atoms with E-state index in [1.165, 1.54) is 0 Å². The molecule has 0 aromatic heterocycles. The van der Waals surface area contributed by atoms with Crippen LogP contribution in [0.5, 0.6) is 5.75 Å². The molecule has 0 unspecified atom stereocenters. The van der Waals surface area contributed by atoms with E-state index in [9.17, 15) is 0 Å². The highest BCUT2D eigenvalue weighted by atomic mass is 16.5. The first-order valence-electron chi connectivity index (χ1n) is 6.81. The van der Waals surface area contributed by atoms with E-state index < -0.39 is 0 Å². The van der Waals surface area contributed by atoms with E-state index in [-0.39, 0.29) is 5.54 Å². The summed E-state index contributed by atoms with van der Waals surface area (Å²) in [5, 5.41) is 3.40. The molecule has 0 aliphatic heterocycles. The van der Waals surface area contributed by atoms with E-state index in [1.54, 1.807) is 0 Å². The molecule has 19 heavy (non-hydrogen) atoms. The molecule has 0 radical (unpaired) electrons. The van der Waals surface area contributed by atoms with Gasteiger partial charge in [0.2, 0.25) is 0 Å². The van der Waals surface area contributed by atoms with Crippen LogP contribution in [0.2, 0.25) is 0 Å². The Morgan fingerprint density at radius 2 is 2.00 bits per heavy atom. The maximum Gasteiger partial charge on any atom is 0.144 e. The van der Waals surface area contributed by atoms with Gasteiger partial charge in [0, 0.05) is 12.1 Å². The molecule has 0 aliphatic rings. The van der Waals surface area contributed by atoms with Gasteiger partial charge in [0.25, 0.3) is 0 Å². The second-order valence-electron chi connectivity index (χ2n) is 5.63. The number of para-hydroxylation sites is 1. The second-order valence-corrected chi connectivity index (χ2v) is 5.63. The Labute approximate surface area is 116 Å². The molecule has 1 aromatic rings. The molecule has 0 spiro atoms. The lowest BCUT2D eigenvalue weighted by Gasteiger charge is -2.33. The van der Waals surface area contributed by atoms with Crippen LogP contribution in [0.25, 0.3) is 0 Å². The van der Waals surface area contributed by atoms with Gasteiger partial charge in [0.05, 0.1) is 18.0 Å². The molecule has 4 heteroatoms. The fourth-order valence-electron chi connectivity index (χ4n) is 1.51. The van der Waals surface area contributed by atoms with Crippen molar-refractivity contribution in [3.05, 3.63) is 18.2 Å². The standard InChI is InChI=1S/C15H27N3O/c1-6-10-19-13-9-7-8-12(14(13)16)17-11-15(2,3)18(4)5/h7-9,17H,6,10-11,16H2,1-5H3. The zero-order valence-corrected chi connectivity index (χ0v) is 12.8. The van der Waals surface area contributed by atoms with Gasteiger partial charge in [0.15, 0.2) is 0 Å². The third-order valence-electron chi connectivity index (χ3n) is 3.45. The summed E-state index contributed by atoms with van der Waals surface area (Å²) in [6.07, 6.45) is 0.977. The maximum atomic E-state index is 6.13. The summed E-state index contributed by atoms with van der Waals surface area (Å²) in [5.74, 6) is 0.759. The number of anilines is 2. The summed E-state index contributed by atoms with van der Waals surface area (Å²) < 4.78 is 5.63. The van der Waals surface area contributed by atoms with Gasteiger partial charge in [-0.05, 0) is 46.5 Å². The third-order valence-corrected chi connectivity index (χ3v) is 3.45. The Balaban J connectivity index is 2.74. The molecule has 3 N–H and O–H groups in total. The number of nitrogens with two attached hydrogens (primary N) is 1. The molecule has 1 rings (SSSR count). The SMILES string of the molecule is CCCOc1cccc(NCC(C)(C)N(C)C)c1N. The predicted octanol–water partition coefficient (Wildman–Crippen LogP) is 2.81. The molecule has 0 heterocycles. The average Bonchev–Trinajstić information content (AvgIpc) is 2.36. The lowest BCUT2D eigenvalue weighted by atomic mass is 10.0. The van der Waals surface area contributed by atoms with Crippen LogP contribution in [-0.2, 0) is 0 Å². The van der Waals surface area contributed by atoms with Crippen LogP contribution < -0.4 is 15.8 Å². The minimum Gasteiger partial charge on any atom is -0.491 e. The quantitative estimate of drug-likeness (QED) is 0.744. The normalized spacial score (nSPS) is 11.7. The van der Waals surface area contributed by atoms with Gasteiger partial charge in [-0.25, -0.2) is 0 Å². The smallest absolute Gasteiger partial charge is 0.144 e. The number of hydrogen-bond donors (Lipinski definition) is 2. The first kappa shape index (κ1) is 15.6. The lowest BCUT2D eigenvalue weighted by molar-refractivity contribution is 0.210. The topological polar surface area (TPSA) is 50.5 Å². The number of nitrogen functional groups attached to an aromatic ring is 1. The number of benzene rings is 1. The van der Waals surface area contributed by atoms with E-state index in [0.29, 0.717) is 12.3 Å². The zero-order valence-electron chi connectivity index (χ0n) is 12.8. The Morgan fingerprint density at radius 1 is 1.32 bits per heavy atom. The fourth-order valence-corrected chi connectivity index (χ4v) is 1.51. The molecule has 1 aromatic carbocycles. The third kappa shape index (κ3) is 4.31. The van der Waals surface area contributed by atoms with Crippen molar-refractivity contribution in [3.63, 3.8) is 0 Å². The van der Waals surface area contributed by atoms with Gasteiger partial charge in [0.1, 0.15) is 5.75 Å². The van der Waals surface area contributed by atoms with Crippen molar-refractivity contribution in [1.29, 1.82) is 0 Å². The Bertz CT molecular complexity index is 402. The summed E-state index contributed by atoms with van der Waals surface area (Å²) in [4.78, 5) is 2.19. The first-order valence-corrected chi connectivity index (χ1v) is 6.81. The summed E-state index contributed by atoms with van der Waals surface area (Å²) >= 11 is 0. The number of rotatable bonds is 7. The van der Waals surface area contributed by atoms with Crippen molar-refractivity contribution in [2.45, 2.75) is 32.7 Å². The fraction of sp³-hybridized carbons (Fsp3) is 0.600.